The predicted octanol–water partition coefficient (Wildman–Crippen LogP) is 1.92. The van der Waals surface area contributed by atoms with Crippen LogP contribution in [-0.4, -0.2) is 35.1 Å². The van der Waals surface area contributed by atoms with E-state index in [1.807, 2.05) is 0 Å². The van der Waals surface area contributed by atoms with Crippen LogP contribution < -0.4 is 5.48 Å². The minimum absolute atomic E-state index is 0.0977. The average Bonchev–Trinajstić information content (AvgIpc) is 2.34. The van der Waals surface area contributed by atoms with Crippen molar-refractivity contribution in [2.24, 2.45) is 0 Å². The number of carbonyl (C=O) groups excluding carboxylic acids is 1. The van der Waals surface area contributed by atoms with Crippen molar-refractivity contribution < 1.29 is 24.6 Å². The number of phenols is 1. The van der Waals surface area contributed by atoms with Gasteiger partial charge >= 0.3 is 6.09 Å². The topological polar surface area (TPSA) is 88.0 Å². The molecule has 1 aromatic rings. The van der Waals surface area contributed by atoms with Gasteiger partial charge in [0.15, 0.2) is 0 Å². The van der Waals surface area contributed by atoms with E-state index in [2.05, 4.69) is 5.48 Å². The Bertz CT molecular complexity index is 424. The van der Waals surface area contributed by atoms with Gasteiger partial charge in [0, 0.05) is 5.92 Å². The molecule has 1 unspecified atom stereocenters. The number of nitrogens with one attached hydrogen (secondary N) is 1. The second-order valence-corrected chi connectivity index (χ2v) is 5.39. The van der Waals surface area contributed by atoms with E-state index in [1.165, 1.54) is 12.1 Å². The van der Waals surface area contributed by atoms with Gasteiger partial charge in [-0.1, -0.05) is 12.1 Å². The highest BCUT2D eigenvalue weighted by molar-refractivity contribution is 5.66. The van der Waals surface area contributed by atoms with Crippen molar-refractivity contribution in [2.45, 2.75) is 32.3 Å². The zero-order chi connectivity index (χ0) is 15.2. The van der Waals surface area contributed by atoms with Crippen molar-refractivity contribution in [2.75, 3.05) is 13.2 Å². The number of phenolic OH excluding ortho intramolecular Hbond substituents is 1. The second kappa shape index (κ2) is 7.12. The third-order valence-corrected chi connectivity index (χ3v) is 2.42. The van der Waals surface area contributed by atoms with Crippen molar-refractivity contribution in [1.82, 2.24) is 5.48 Å². The third kappa shape index (κ3) is 5.90. The fourth-order valence-electron chi connectivity index (χ4n) is 1.50. The lowest BCUT2D eigenvalue weighted by Gasteiger charge is -2.20. The number of benzene rings is 1. The van der Waals surface area contributed by atoms with Gasteiger partial charge < -0.3 is 14.9 Å². The molecule has 112 valence electrons. The second-order valence-electron chi connectivity index (χ2n) is 5.39. The summed E-state index contributed by atoms with van der Waals surface area (Å²) in [5.41, 5.74) is 2.37. The number of carbonyl (C=O) groups is 1. The highest BCUT2D eigenvalue weighted by Gasteiger charge is 2.17. The predicted molar refractivity (Wildman–Crippen MR) is 73.3 cm³/mol. The summed E-state index contributed by atoms with van der Waals surface area (Å²) in [6, 6.07) is 6.43. The van der Waals surface area contributed by atoms with Crippen molar-refractivity contribution >= 4 is 6.09 Å². The Morgan fingerprint density at radius 1 is 1.30 bits per heavy atom. The molecule has 1 amide bonds. The number of hydrogen-bond donors (Lipinski definition) is 3. The minimum atomic E-state index is -0.681. The first-order chi connectivity index (χ1) is 9.31. The summed E-state index contributed by atoms with van der Waals surface area (Å²) in [6.07, 6.45) is -0.681. The maximum Gasteiger partial charge on any atom is 0.431 e. The smallest absolute Gasteiger partial charge is 0.431 e. The van der Waals surface area contributed by atoms with Gasteiger partial charge in [0.1, 0.15) is 11.4 Å². The molecule has 0 aliphatic carbocycles. The fourth-order valence-corrected chi connectivity index (χ4v) is 1.50. The van der Waals surface area contributed by atoms with E-state index in [9.17, 15) is 15.0 Å². The normalized spacial score (nSPS) is 12.8. The summed E-state index contributed by atoms with van der Waals surface area (Å²) in [5, 5.41) is 18.5. The van der Waals surface area contributed by atoms with Gasteiger partial charge in [-0.15, -0.1) is 0 Å². The lowest BCUT2D eigenvalue weighted by Crippen LogP contribution is -2.33. The van der Waals surface area contributed by atoms with Crippen LogP contribution in [0, 0.1) is 0 Å². The number of aromatic hydroxyl groups is 1. The minimum Gasteiger partial charge on any atom is -0.508 e. The Kier molecular flexibility index (Phi) is 5.79. The monoisotopic (exact) mass is 283 g/mol. The zero-order valence-corrected chi connectivity index (χ0v) is 11.9. The SMILES string of the molecule is CC(C)(C)OC(=O)NOCC(CO)c1ccc(O)cc1. The standard InChI is InChI=1S/C14H21NO5/c1-14(2,3)20-13(18)15-19-9-11(8-16)10-4-6-12(17)7-5-10/h4-7,11,16-17H,8-9H2,1-3H3,(H,15,18). The molecule has 0 bridgehead atoms. The Balaban J connectivity index is 2.42. The highest BCUT2D eigenvalue weighted by Crippen LogP contribution is 2.18. The van der Waals surface area contributed by atoms with Gasteiger partial charge in [0.2, 0.25) is 0 Å². The zero-order valence-electron chi connectivity index (χ0n) is 11.9. The fraction of sp³-hybridized carbons (Fsp3) is 0.500. The summed E-state index contributed by atoms with van der Waals surface area (Å²) in [7, 11) is 0. The molecule has 1 atom stereocenters. The number of aliphatic hydroxyl groups excluding tert-OH is 1. The first kappa shape index (κ1) is 16.3. The molecule has 20 heavy (non-hydrogen) atoms. The lowest BCUT2D eigenvalue weighted by atomic mass is 10.0. The molecule has 0 fully saturated rings. The lowest BCUT2D eigenvalue weighted by molar-refractivity contribution is -0.0151. The van der Waals surface area contributed by atoms with Crippen molar-refractivity contribution in [3.8, 4) is 5.75 Å². The van der Waals surface area contributed by atoms with Crippen LogP contribution in [0.15, 0.2) is 24.3 Å². The molecule has 0 aromatic heterocycles. The van der Waals surface area contributed by atoms with E-state index < -0.39 is 11.7 Å². The van der Waals surface area contributed by atoms with E-state index in [0.717, 1.165) is 5.56 Å². The number of rotatable bonds is 5. The molecular formula is C14H21NO5. The molecule has 6 heteroatoms. The first-order valence-electron chi connectivity index (χ1n) is 6.32. The maximum absolute atomic E-state index is 11.4. The molecular weight excluding hydrogens is 262 g/mol. The molecule has 0 saturated carbocycles. The van der Waals surface area contributed by atoms with Crippen LogP contribution in [0.4, 0.5) is 4.79 Å². The quantitative estimate of drug-likeness (QED) is 0.719. The Labute approximate surface area is 118 Å². The van der Waals surface area contributed by atoms with Crippen LogP contribution in [0.1, 0.15) is 32.3 Å². The molecule has 0 spiro atoms. The van der Waals surface area contributed by atoms with Gasteiger partial charge in [0.05, 0.1) is 13.2 Å². The van der Waals surface area contributed by atoms with Crippen LogP contribution >= 0.6 is 0 Å². The molecule has 1 rings (SSSR count). The Morgan fingerprint density at radius 2 is 1.90 bits per heavy atom. The van der Waals surface area contributed by atoms with Gasteiger partial charge in [-0.25, -0.2) is 4.79 Å². The van der Waals surface area contributed by atoms with Gasteiger partial charge in [0.25, 0.3) is 0 Å². The van der Waals surface area contributed by atoms with Gasteiger partial charge in [-0.05, 0) is 38.5 Å². The van der Waals surface area contributed by atoms with Crippen molar-refractivity contribution in [3.05, 3.63) is 29.8 Å². The van der Waals surface area contributed by atoms with Crippen LogP contribution in [-0.2, 0) is 9.57 Å². The number of hydrogen-bond acceptors (Lipinski definition) is 5. The number of aliphatic hydroxyl groups is 1. The molecule has 1 aromatic carbocycles. The molecule has 0 heterocycles. The summed E-state index contributed by atoms with van der Waals surface area (Å²) in [6.45, 7) is 5.21. The molecule has 0 aliphatic heterocycles. The third-order valence-electron chi connectivity index (χ3n) is 2.42. The van der Waals surface area contributed by atoms with E-state index >= 15 is 0 Å². The Hall–Kier alpha value is -1.79. The number of ether oxygens (including phenoxy) is 1. The van der Waals surface area contributed by atoms with E-state index in [-0.39, 0.29) is 24.9 Å². The maximum atomic E-state index is 11.4. The molecule has 3 N–H and O–H groups in total. The van der Waals surface area contributed by atoms with E-state index in [1.54, 1.807) is 32.9 Å². The average molecular weight is 283 g/mol. The van der Waals surface area contributed by atoms with Crippen LogP contribution in [0.3, 0.4) is 0 Å². The summed E-state index contributed by atoms with van der Waals surface area (Å²) >= 11 is 0. The summed E-state index contributed by atoms with van der Waals surface area (Å²) in [5.74, 6) is -0.149. The first-order valence-corrected chi connectivity index (χ1v) is 6.32. The number of hydroxylamine groups is 1. The highest BCUT2D eigenvalue weighted by atomic mass is 16.7. The molecule has 0 radical (unpaired) electrons. The molecule has 6 nitrogen and oxygen atoms in total. The van der Waals surface area contributed by atoms with Gasteiger partial charge in [-0.3, -0.25) is 4.84 Å². The summed E-state index contributed by atoms with van der Waals surface area (Å²) in [4.78, 5) is 16.4. The number of amides is 1. The van der Waals surface area contributed by atoms with E-state index in [4.69, 9.17) is 9.57 Å². The van der Waals surface area contributed by atoms with Crippen molar-refractivity contribution in [3.63, 3.8) is 0 Å². The Morgan fingerprint density at radius 3 is 2.40 bits per heavy atom. The van der Waals surface area contributed by atoms with Crippen LogP contribution in [0.2, 0.25) is 0 Å². The van der Waals surface area contributed by atoms with Crippen LogP contribution in [0.5, 0.6) is 5.75 Å². The van der Waals surface area contributed by atoms with Crippen LogP contribution in [0.25, 0.3) is 0 Å². The summed E-state index contributed by atoms with van der Waals surface area (Å²) < 4.78 is 5.00. The van der Waals surface area contributed by atoms with E-state index in [0.29, 0.717) is 0 Å². The van der Waals surface area contributed by atoms with Gasteiger partial charge in [-0.2, -0.15) is 5.48 Å². The van der Waals surface area contributed by atoms with Crippen molar-refractivity contribution in [1.29, 1.82) is 0 Å². The largest absolute Gasteiger partial charge is 0.508 e. The molecule has 0 saturated heterocycles. The molecule has 0 aliphatic rings.